The van der Waals surface area contributed by atoms with Gasteiger partial charge in [-0.1, -0.05) is 118 Å². The smallest absolute Gasteiger partial charge is 0.274 e. The summed E-state index contributed by atoms with van der Waals surface area (Å²) in [6, 6.07) is 5.11. The van der Waals surface area contributed by atoms with E-state index in [1.165, 1.54) is 38.5 Å². The minimum absolute atomic E-state index is 0.171. The van der Waals surface area contributed by atoms with Crippen molar-refractivity contribution in [1.29, 1.82) is 0 Å². The van der Waals surface area contributed by atoms with Gasteiger partial charge in [-0.25, -0.2) is 0 Å². The van der Waals surface area contributed by atoms with E-state index in [4.69, 9.17) is 0 Å². The first-order valence-electron chi connectivity index (χ1n) is 12.8. The first-order valence-corrected chi connectivity index (χ1v) is 14.2. The van der Waals surface area contributed by atoms with Crippen LogP contribution in [0.5, 0.6) is 5.75 Å². The molecule has 0 atom stereocenters. The van der Waals surface area contributed by atoms with Gasteiger partial charge in [-0.3, -0.25) is 4.55 Å². The highest BCUT2D eigenvalue weighted by Crippen LogP contribution is 2.43. The van der Waals surface area contributed by atoms with Crippen molar-refractivity contribution >= 4 is 10.1 Å². The molecule has 4 nitrogen and oxygen atoms in total. The predicted molar refractivity (Wildman–Crippen MR) is 136 cm³/mol. The van der Waals surface area contributed by atoms with Gasteiger partial charge < -0.3 is 5.11 Å². The molecular formula is C27H48O4S. The van der Waals surface area contributed by atoms with E-state index in [-0.39, 0.29) is 11.2 Å². The lowest BCUT2D eigenvalue weighted by atomic mass is 9.81. The second-order valence-corrected chi connectivity index (χ2v) is 12.2. The van der Waals surface area contributed by atoms with E-state index in [2.05, 4.69) is 13.8 Å². The zero-order chi connectivity index (χ0) is 24.3. The van der Waals surface area contributed by atoms with Crippen LogP contribution < -0.4 is 0 Å². The summed E-state index contributed by atoms with van der Waals surface area (Å²) in [5.41, 5.74) is 1.00. The van der Waals surface area contributed by atoms with Gasteiger partial charge in [0, 0.05) is 0 Å². The van der Waals surface area contributed by atoms with Crippen LogP contribution in [0.15, 0.2) is 18.2 Å². The Labute approximate surface area is 198 Å². The second kappa shape index (κ2) is 13.6. The molecular weight excluding hydrogens is 420 g/mol. The average molecular weight is 469 g/mol. The van der Waals surface area contributed by atoms with Crippen molar-refractivity contribution in [3.63, 3.8) is 0 Å². The van der Waals surface area contributed by atoms with Gasteiger partial charge in [-0.05, 0) is 41.5 Å². The molecule has 1 aromatic carbocycles. The minimum Gasteiger partial charge on any atom is -0.508 e. The van der Waals surface area contributed by atoms with Crippen molar-refractivity contribution in [1.82, 2.24) is 0 Å². The fraction of sp³-hybridized carbons (Fsp3) is 0.778. The highest BCUT2D eigenvalue weighted by molar-refractivity contribution is 7.86. The third-order valence-corrected chi connectivity index (χ3v) is 8.32. The number of hydrogen-bond acceptors (Lipinski definition) is 3. The van der Waals surface area contributed by atoms with Crippen LogP contribution in [-0.2, 0) is 20.3 Å². The lowest BCUT2D eigenvalue weighted by Crippen LogP contribution is -2.36. The van der Waals surface area contributed by atoms with Crippen molar-refractivity contribution in [2.24, 2.45) is 0 Å². The topological polar surface area (TPSA) is 74.6 Å². The quantitative estimate of drug-likeness (QED) is 0.189. The van der Waals surface area contributed by atoms with Crippen LogP contribution in [0, 0.1) is 0 Å². The molecule has 0 saturated heterocycles. The summed E-state index contributed by atoms with van der Waals surface area (Å²) in [6.07, 6.45) is 13.6. The van der Waals surface area contributed by atoms with Crippen molar-refractivity contribution < 1.29 is 18.1 Å². The largest absolute Gasteiger partial charge is 0.508 e. The number of aromatic hydroxyl groups is 1. The molecule has 0 aliphatic rings. The van der Waals surface area contributed by atoms with Gasteiger partial charge in [0.1, 0.15) is 10.5 Å². The Balaban J connectivity index is 3.21. The van der Waals surface area contributed by atoms with Crippen LogP contribution in [0.4, 0.5) is 0 Å². The summed E-state index contributed by atoms with van der Waals surface area (Å²) in [5.74, 6) is 0.171. The Hall–Kier alpha value is -1.07. The molecule has 0 bridgehead atoms. The molecule has 0 fully saturated rings. The third kappa shape index (κ3) is 8.70. The van der Waals surface area contributed by atoms with Crippen LogP contribution in [0.3, 0.4) is 0 Å². The monoisotopic (exact) mass is 468 g/mol. The summed E-state index contributed by atoms with van der Waals surface area (Å²) in [5, 5.41) is 10.4. The fourth-order valence-corrected chi connectivity index (χ4v) is 5.85. The molecule has 0 amide bonds. The van der Waals surface area contributed by atoms with Gasteiger partial charge in [0.05, 0.1) is 0 Å². The Morgan fingerprint density at radius 1 is 0.750 bits per heavy atom. The summed E-state index contributed by atoms with van der Waals surface area (Å²) < 4.78 is 35.1. The maximum Gasteiger partial charge on any atom is 0.274 e. The molecule has 0 aliphatic carbocycles. The Morgan fingerprint density at radius 3 is 1.59 bits per heavy atom. The molecule has 0 spiro atoms. The van der Waals surface area contributed by atoms with Gasteiger partial charge in [-0.15, -0.1) is 0 Å². The summed E-state index contributed by atoms with van der Waals surface area (Å²) >= 11 is 0. The van der Waals surface area contributed by atoms with E-state index in [9.17, 15) is 18.1 Å². The van der Waals surface area contributed by atoms with Crippen molar-refractivity contribution in [2.45, 2.75) is 135 Å². The molecule has 2 N–H and O–H groups in total. The van der Waals surface area contributed by atoms with Gasteiger partial charge in [-0.2, -0.15) is 8.42 Å². The van der Waals surface area contributed by atoms with Crippen molar-refractivity contribution in [3.05, 3.63) is 29.3 Å². The minimum atomic E-state index is -4.33. The molecule has 0 unspecified atom stereocenters. The summed E-state index contributed by atoms with van der Waals surface area (Å²) in [6.45, 7) is 10.4. The van der Waals surface area contributed by atoms with E-state index in [1.54, 1.807) is 12.1 Å². The highest BCUT2D eigenvalue weighted by atomic mass is 32.2. The molecule has 186 valence electrons. The Bertz CT molecular complexity index is 746. The average Bonchev–Trinajstić information content (AvgIpc) is 2.70. The molecule has 0 heterocycles. The lowest BCUT2D eigenvalue weighted by Gasteiger charge is -2.33. The number of benzene rings is 1. The van der Waals surface area contributed by atoms with Gasteiger partial charge in [0.15, 0.2) is 0 Å². The van der Waals surface area contributed by atoms with Crippen LogP contribution in [0.25, 0.3) is 0 Å². The van der Waals surface area contributed by atoms with Gasteiger partial charge in [0.2, 0.25) is 0 Å². The zero-order valence-corrected chi connectivity index (χ0v) is 22.1. The SMILES string of the molecule is CCCCCCCCC(CCCCCCCC)(c1ccc(O)c(C(C)(C)C)c1)S(=O)(=O)O. The summed E-state index contributed by atoms with van der Waals surface area (Å²) in [7, 11) is -4.33. The molecule has 0 radical (unpaired) electrons. The van der Waals surface area contributed by atoms with E-state index in [0.717, 1.165) is 38.5 Å². The fourth-order valence-electron chi connectivity index (χ4n) is 4.62. The third-order valence-electron chi connectivity index (χ3n) is 6.69. The maximum atomic E-state index is 12.9. The van der Waals surface area contributed by atoms with Crippen LogP contribution in [0.2, 0.25) is 0 Å². The molecule has 0 saturated carbocycles. The van der Waals surface area contributed by atoms with Crippen LogP contribution in [0.1, 0.15) is 136 Å². The standard InChI is InChI=1S/C27H48O4S/c1-6-8-10-12-14-16-20-27(32(29,30)31,21-17-15-13-11-9-7-2)23-18-19-25(28)24(22-23)26(3,4)5/h18-19,22,28H,6-17,20-21H2,1-5H3,(H,29,30,31). The maximum absolute atomic E-state index is 12.9. The zero-order valence-electron chi connectivity index (χ0n) is 21.3. The molecule has 5 heteroatoms. The highest BCUT2D eigenvalue weighted by Gasteiger charge is 2.44. The number of hydrogen-bond donors (Lipinski definition) is 2. The van der Waals surface area contributed by atoms with Gasteiger partial charge in [0.25, 0.3) is 10.1 Å². The van der Waals surface area contributed by atoms with E-state index < -0.39 is 14.9 Å². The van der Waals surface area contributed by atoms with E-state index >= 15 is 0 Å². The number of phenols is 1. The van der Waals surface area contributed by atoms with Crippen molar-refractivity contribution in [3.8, 4) is 5.75 Å². The normalized spacial score (nSPS) is 12.9. The Morgan fingerprint density at radius 2 is 1.19 bits per heavy atom. The van der Waals surface area contributed by atoms with Gasteiger partial charge >= 0.3 is 0 Å². The number of rotatable bonds is 16. The first-order chi connectivity index (χ1) is 15.0. The van der Waals surface area contributed by atoms with E-state index in [0.29, 0.717) is 24.0 Å². The molecule has 1 aromatic rings. The molecule has 0 aliphatic heterocycles. The predicted octanol–water partition coefficient (Wildman–Crippen LogP) is 8.27. The second-order valence-electron chi connectivity index (χ2n) is 10.5. The molecule has 1 rings (SSSR count). The Kier molecular flexibility index (Phi) is 12.3. The van der Waals surface area contributed by atoms with Crippen molar-refractivity contribution in [2.75, 3.05) is 0 Å². The lowest BCUT2D eigenvalue weighted by molar-refractivity contribution is 0.372. The summed E-state index contributed by atoms with van der Waals surface area (Å²) in [4.78, 5) is 0. The first kappa shape index (κ1) is 29.0. The van der Waals surface area contributed by atoms with Crippen LogP contribution in [-0.4, -0.2) is 18.1 Å². The van der Waals surface area contributed by atoms with E-state index in [1.807, 2.05) is 26.8 Å². The molecule has 32 heavy (non-hydrogen) atoms. The molecule has 0 aromatic heterocycles. The number of unbranched alkanes of at least 4 members (excludes halogenated alkanes) is 10. The number of phenolic OH excluding ortho intramolecular Hbond substituents is 1. The van der Waals surface area contributed by atoms with Crippen LogP contribution >= 0.6 is 0 Å².